The van der Waals surface area contributed by atoms with Gasteiger partial charge >= 0.3 is 0 Å². The molecule has 1 aromatic rings. The molecule has 5 atom stereocenters. The van der Waals surface area contributed by atoms with Crippen LogP contribution in [0.15, 0.2) is 24.3 Å². The number of benzene rings is 1. The number of nitrogens with two attached hydrogens (primary N) is 2. The monoisotopic (exact) mass is 328 g/mol. The zero-order valence-corrected chi connectivity index (χ0v) is 12.2. The van der Waals surface area contributed by atoms with Gasteiger partial charge in [0, 0.05) is 5.69 Å². The Morgan fingerprint density at radius 2 is 1.91 bits per heavy atom. The number of rotatable bonds is 5. The molecule has 2 rings (SSSR count). The fourth-order valence-electron chi connectivity index (χ4n) is 2.41. The summed E-state index contributed by atoms with van der Waals surface area (Å²) >= 11 is 0. The SMILES string of the molecule is NC(=O)C[C@]1(O)[C@@H](Oc2ccc(N)cc2)O[C@H](CO)[C@H](O)[C@@H]1O. The number of anilines is 1. The lowest BCUT2D eigenvalue weighted by molar-refractivity contribution is -0.320. The lowest BCUT2D eigenvalue weighted by Crippen LogP contribution is -2.68. The van der Waals surface area contributed by atoms with Crippen molar-refractivity contribution in [3.8, 4) is 5.75 Å². The van der Waals surface area contributed by atoms with Gasteiger partial charge in [-0.2, -0.15) is 0 Å². The molecule has 1 heterocycles. The summed E-state index contributed by atoms with van der Waals surface area (Å²) < 4.78 is 10.8. The van der Waals surface area contributed by atoms with E-state index in [1.807, 2.05) is 0 Å². The number of amides is 1. The standard InChI is InChI=1S/C14H20N2O7/c15-7-1-3-8(4-2-7)22-13-14(21,5-10(16)18)12(20)11(19)9(6-17)23-13/h1-4,9,11-13,17,19-21H,5-6,15H2,(H2,16,18)/t9-,11+,12+,13+,14-/m1/s1. The normalized spacial score (nSPS) is 34.1. The molecular formula is C14H20N2O7. The molecule has 0 bridgehead atoms. The van der Waals surface area contributed by atoms with Crippen LogP contribution in [0.5, 0.6) is 5.75 Å². The molecule has 1 saturated heterocycles. The van der Waals surface area contributed by atoms with Gasteiger partial charge in [0.15, 0.2) is 5.60 Å². The van der Waals surface area contributed by atoms with Gasteiger partial charge in [0.1, 0.15) is 24.1 Å². The summed E-state index contributed by atoms with van der Waals surface area (Å²) in [6.45, 7) is -0.619. The predicted octanol–water partition coefficient (Wildman–Crippen LogP) is -2.31. The highest BCUT2D eigenvalue weighted by Crippen LogP contribution is 2.34. The highest BCUT2D eigenvalue weighted by atomic mass is 16.7. The molecule has 0 aromatic heterocycles. The van der Waals surface area contributed by atoms with E-state index in [1.54, 1.807) is 12.1 Å². The van der Waals surface area contributed by atoms with Crippen molar-refractivity contribution in [2.24, 2.45) is 5.73 Å². The topological polar surface area (TPSA) is 168 Å². The van der Waals surface area contributed by atoms with Crippen molar-refractivity contribution in [2.75, 3.05) is 12.3 Å². The Bertz CT molecular complexity index is 553. The zero-order chi connectivity index (χ0) is 17.2. The van der Waals surface area contributed by atoms with Crippen LogP contribution < -0.4 is 16.2 Å². The Balaban J connectivity index is 2.30. The van der Waals surface area contributed by atoms with Crippen LogP contribution in [0.3, 0.4) is 0 Å². The number of carbonyl (C=O) groups excluding carboxylic acids is 1. The van der Waals surface area contributed by atoms with Gasteiger partial charge in [0.05, 0.1) is 13.0 Å². The van der Waals surface area contributed by atoms with Crippen molar-refractivity contribution >= 4 is 11.6 Å². The first-order valence-corrected chi connectivity index (χ1v) is 6.93. The van der Waals surface area contributed by atoms with Crippen LogP contribution in [0.25, 0.3) is 0 Å². The maximum absolute atomic E-state index is 11.2. The van der Waals surface area contributed by atoms with Crippen LogP contribution in [0.1, 0.15) is 6.42 Å². The third-order valence-corrected chi connectivity index (χ3v) is 3.68. The van der Waals surface area contributed by atoms with Crippen LogP contribution in [0, 0.1) is 0 Å². The summed E-state index contributed by atoms with van der Waals surface area (Å²) in [6, 6.07) is 6.07. The second-order valence-corrected chi connectivity index (χ2v) is 5.45. The highest BCUT2D eigenvalue weighted by molar-refractivity contribution is 5.75. The summed E-state index contributed by atoms with van der Waals surface area (Å²) in [7, 11) is 0. The quantitative estimate of drug-likeness (QED) is 0.328. The van der Waals surface area contributed by atoms with Gasteiger partial charge < -0.3 is 41.4 Å². The van der Waals surface area contributed by atoms with Gasteiger partial charge in [-0.3, -0.25) is 4.79 Å². The summed E-state index contributed by atoms with van der Waals surface area (Å²) in [5.41, 5.74) is 8.85. The minimum atomic E-state index is -2.28. The average molecular weight is 328 g/mol. The molecule has 0 saturated carbocycles. The van der Waals surface area contributed by atoms with Gasteiger partial charge in [0.25, 0.3) is 0 Å². The number of aliphatic hydroxyl groups is 4. The molecule has 9 nitrogen and oxygen atoms in total. The van der Waals surface area contributed by atoms with Crippen LogP contribution in [0.2, 0.25) is 0 Å². The Kier molecular flexibility index (Phi) is 5.07. The van der Waals surface area contributed by atoms with Crippen molar-refractivity contribution < 1.29 is 34.7 Å². The van der Waals surface area contributed by atoms with Crippen LogP contribution in [-0.4, -0.2) is 63.1 Å². The van der Waals surface area contributed by atoms with Crippen LogP contribution >= 0.6 is 0 Å². The molecule has 9 heteroatoms. The Morgan fingerprint density at radius 1 is 1.30 bits per heavy atom. The molecule has 1 aliphatic rings. The van der Waals surface area contributed by atoms with Gasteiger partial charge in [-0.1, -0.05) is 0 Å². The van der Waals surface area contributed by atoms with Crippen molar-refractivity contribution in [2.45, 2.75) is 36.6 Å². The average Bonchev–Trinajstić information content (AvgIpc) is 2.49. The first-order chi connectivity index (χ1) is 10.8. The lowest BCUT2D eigenvalue weighted by Gasteiger charge is -2.47. The molecule has 0 aliphatic carbocycles. The van der Waals surface area contributed by atoms with Crippen molar-refractivity contribution in [3.63, 3.8) is 0 Å². The largest absolute Gasteiger partial charge is 0.462 e. The number of aliphatic hydroxyl groups excluding tert-OH is 3. The smallest absolute Gasteiger partial charge is 0.232 e. The zero-order valence-electron chi connectivity index (χ0n) is 12.2. The van der Waals surface area contributed by atoms with E-state index in [0.29, 0.717) is 5.69 Å². The molecule has 8 N–H and O–H groups in total. The second kappa shape index (κ2) is 6.69. The minimum absolute atomic E-state index is 0.243. The van der Waals surface area contributed by atoms with Crippen LogP contribution in [-0.2, 0) is 9.53 Å². The summed E-state index contributed by atoms with van der Waals surface area (Å²) in [6.07, 6.45) is -6.86. The first-order valence-electron chi connectivity index (χ1n) is 6.93. The summed E-state index contributed by atoms with van der Waals surface area (Å²) in [5.74, 6) is -0.678. The highest BCUT2D eigenvalue weighted by Gasteiger charge is 2.56. The predicted molar refractivity (Wildman–Crippen MR) is 78.0 cm³/mol. The van der Waals surface area contributed by atoms with Crippen molar-refractivity contribution in [1.82, 2.24) is 0 Å². The van der Waals surface area contributed by atoms with Gasteiger partial charge in [-0.15, -0.1) is 0 Å². The molecule has 1 amide bonds. The molecular weight excluding hydrogens is 308 g/mol. The number of nitrogen functional groups attached to an aromatic ring is 1. The molecule has 1 aromatic carbocycles. The van der Waals surface area contributed by atoms with Gasteiger partial charge in [-0.05, 0) is 24.3 Å². The van der Waals surface area contributed by atoms with E-state index < -0.39 is 49.1 Å². The molecule has 0 radical (unpaired) electrons. The molecule has 0 unspecified atom stereocenters. The number of hydrogen-bond donors (Lipinski definition) is 6. The lowest BCUT2D eigenvalue weighted by atomic mass is 9.83. The van der Waals surface area contributed by atoms with E-state index in [2.05, 4.69) is 0 Å². The summed E-state index contributed by atoms with van der Waals surface area (Å²) in [4.78, 5) is 11.2. The fourth-order valence-corrected chi connectivity index (χ4v) is 2.41. The van der Waals surface area contributed by atoms with E-state index in [4.69, 9.17) is 20.9 Å². The maximum atomic E-state index is 11.2. The van der Waals surface area contributed by atoms with E-state index in [9.17, 15) is 25.2 Å². The molecule has 1 fully saturated rings. The summed E-state index contributed by atoms with van der Waals surface area (Å²) in [5, 5.41) is 39.8. The minimum Gasteiger partial charge on any atom is -0.462 e. The van der Waals surface area contributed by atoms with E-state index in [1.165, 1.54) is 12.1 Å². The number of carbonyl (C=O) groups is 1. The molecule has 128 valence electrons. The van der Waals surface area contributed by atoms with Crippen molar-refractivity contribution in [3.05, 3.63) is 24.3 Å². The van der Waals surface area contributed by atoms with Crippen molar-refractivity contribution in [1.29, 1.82) is 0 Å². The third-order valence-electron chi connectivity index (χ3n) is 3.68. The molecule has 23 heavy (non-hydrogen) atoms. The van der Waals surface area contributed by atoms with E-state index in [0.717, 1.165) is 0 Å². The number of primary amides is 1. The Hall–Kier alpha value is -1.91. The van der Waals surface area contributed by atoms with E-state index in [-0.39, 0.29) is 5.75 Å². The first kappa shape index (κ1) is 17.4. The van der Waals surface area contributed by atoms with Gasteiger partial charge in [-0.25, -0.2) is 0 Å². The second-order valence-electron chi connectivity index (χ2n) is 5.45. The fraction of sp³-hybridized carbons (Fsp3) is 0.500. The molecule has 0 spiro atoms. The van der Waals surface area contributed by atoms with Crippen LogP contribution in [0.4, 0.5) is 5.69 Å². The van der Waals surface area contributed by atoms with E-state index >= 15 is 0 Å². The number of ether oxygens (including phenoxy) is 2. The maximum Gasteiger partial charge on any atom is 0.232 e. The Morgan fingerprint density at radius 3 is 2.43 bits per heavy atom. The Labute approximate surface area is 132 Å². The molecule has 1 aliphatic heterocycles. The number of hydrogen-bond acceptors (Lipinski definition) is 8. The third kappa shape index (κ3) is 3.54. The van der Waals surface area contributed by atoms with Gasteiger partial charge in [0.2, 0.25) is 12.2 Å².